The summed E-state index contributed by atoms with van der Waals surface area (Å²) in [6.07, 6.45) is 3.37. The molecule has 9 heteroatoms. The summed E-state index contributed by atoms with van der Waals surface area (Å²) in [6.45, 7) is 5.31. The number of piperidine rings is 1. The van der Waals surface area contributed by atoms with Crippen LogP contribution in [0.4, 0.5) is 0 Å². The molecule has 2 aliphatic rings. The lowest BCUT2D eigenvalue weighted by molar-refractivity contribution is -0.139. The number of rotatable bonds is 4. The van der Waals surface area contributed by atoms with Crippen molar-refractivity contribution in [2.24, 2.45) is 5.92 Å². The third-order valence-electron chi connectivity index (χ3n) is 6.04. The lowest BCUT2D eigenvalue weighted by Crippen LogP contribution is -2.42. The number of ether oxygens (including phenoxy) is 1. The Morgan fingerprint density at radius 3 is 2.83 bits per heavy atom. The van der Waals surface area contributed by atoms with Gasteiger partial charge in [-0.1, -0.05) is 13.8 Å². The first kappa shape index (κ1) is 20.6. The number of aromatic amines is 1. The van der Waals surface area contributed by atoms with Crippen molar-refractivity contribution in [3.8, 4) is 0 Å². The van der Waals surface area contributed by atoms with Gasteiger partial charge in [0.05, 0.1) is 29.5 Å². The molecule has 4 heterocycles. The average molecular weight is 415 g/mol. The number of nitrogens with one attached hydrogen (secondary N) is 1. The number of H-pyrrole nitrogens is 1. The molecule has 1 N–H and O–H groups in total. The van der Waals surface area contributed by atoms with Crippen LogP contribution in [0.1, 0.15) is 56.1 Å². The van der Waals surface area contributed by atoms with Crippen LogP contribution in [0.25, 0.3) is 5.65 Å². The fourth-order valence-electron chi connectivity index (χ4n) is 4.48. The summed E-state index contributed by atoms with van der Waals surface area (Å²) in [5, 5.41) is 3.18. The van der Waals surface area contributed by atoms with Crippen LogP contribution in [0.2, 0.25) is 0 Å². The van der Waals surface area contributed by atoms with Gasteiger partial charge in [0.1, 0.15) is 6.61 Å². The van der Waals surface area contributed by atoms with Crippen LogP contribution in [0, 0.1) is 5.92 Å². The molecule has 0 saturated carbocycles. The highest BCUT2D eigenvalue weighted by molar-refractivity contribution is 5.78. The van der Waals surface area contributed by atoms with Gasteiger partial charge in [0.2, 0.25) is 11.8 Å². The SMILES string of the molecule is COCC(=O)N1CCCC[C@@H]1c1cc2nc3c(c(=O)n2[nH]1)CN(C(=O)C(C)C)CC3. The number of aromatic nitrogens is 3. The van der Waals surface area contributed by atoms with Crippen LogP contribution in [0.3, 0.4) is 0 Å². The summed E-state index contributed by atoms with van der Waals surface area (Å²) >= 11 is 0. The zero-order chi connectivity index (χ0) is 21.4. The van der Waals surface area contributed by atoms with Crippen LogP contribution >= 0.6 is 0 Å². The van der Waals surface area contributed by atoms with E-state index in [2.05, 4.69) is 5.10 Å². The van der Waals surface area contributed by atoms with Crippen molar-refractivity contribution in [1.29, 1.82) is 0 Å². The van der Waals surface area contributed by atoms with E-state index in [1.165, 1.54) is 11.6 Å². The minimum atomic E-state index is -0.173. The number of hydrogen-bond acceptors (Lipinski definition) is 5. The maximum atomic E-state index is 13.2. The van der Waals surface area contributed by atoms with E-state index >= 15 is 0 Å². The Hall–Kier alpha value is -2.68. The summed E-state index contributed by atoms with van der Waals surface area (Å²) in [5.74, 6) is -0.111. The minimum Gasteiger partial charge on any atom is -0.375 e. The number of methoxy groups -OCH3 is 1. The highest BCUT2D eigenvalue weighted by Crippen LogP contribution is 2.30. The number of amides is 2. The topological polar surface area (TPSA) is 100 Å². The van der Waals surface area contributed by atoms with Gasteiger partial charge < -0.3 is 14.5 Å². The molecule has 2 aliphatic heterocycles. The maximum Gasteiger partial charge on any atom is 0.277 e. The first-order valence-electron chi connectivity index (χ1n) is 10.6. The third kappa shape index (κ3) is 3.62. The van der Waals surface area contributed by atoms with Crippen LogP contribution in [0.5, 0.6) is 0 Å². The Kier molecular flexibility index (Phi) is 5.64. The van der Waals surface area contributed by atoms with Crippen LogP contribution in [-0.2, 0) is 27.3 Å². The lowest BCUT2D eigenvalue weighted by Gasteiger charge is -2.35. The summed E-state index contributed by atoms with van der Waals surface area (Å²) in [4.78, 5) is 46.3. The van der Waals surface area contributed by atoms with Gasteiger partial charge in [0.25, 0.3) is 5.56 Å². The van der Waals surface area contributed by atoms with Crippen molar-refractivity contribution in [2.75, 3.05) is 26.8 Å². The van der Waals surface area contributed by atoms with Gasteiger partial charge in [-0.3, -0.25) is 19.5 Å². The molecule has 4 rings (SSSR count). The van der Waals surface area contributed by atoms with Crippen molar-refractivity contribution >= 4 is 17.5 Å². The first-order valence-corrected chi connectivity index (χ1v) is 10.6. The van der Waals surface area contributed by atoms with Crippen LogP contribution in [-0.4, -0.2) is 63.0 Å². The van der Waals surface area contributed by atoms with Gasteiger partial charge in [-0.15, -0.1) is 0 Å². The van der Waals surface area contributed by atoms with Crippen LogP contribution in [0.15, 0.2) is 10.9 Å². The third-order valence-corrected chi connectivity index (χ3v) is 6.04. The molecule has 0 unspecified atom stereocenters. The van der Waals surface area contributed by atoms with Crippen LogP contribution < -0.4 is 5.56 Å². The Labute approximate surface area is 175 Å². The molecule has 2 aromatic rings. The molecule has 0 aromatic carbocycles. The summed E-state index contributed by atoms with van der Waals surface area (Å²) < 4.78 is 6.48. The molecule has 0 radical (unpaired) electrons. The molecule has 1 saturated heterocycles. The molecule has 2 amide bonds. The number of fused-ring (bicyclic) bond motifs is 2. The molecule has 162 valence electrons. The second-order valence-corrected chi connectivity index (χ2v) is 8.44. The Bertz CT molecular complexity index is 1020. The van der Waals surface area contributed by atoms with Gasteiger partial charge in [0, 0.05) is 38.6 Å². The van der Waals surface area contributed by atoms with E-state index in [1.807, 2.05) is 24.8 Å². The standard InChI is InChI=1S/C21H29N5O4/c1-13(2)20(28)24-9-7-15-14(11-24)21(29)26-18(22-15)10-16(23-26)17-6-4-5-8-25(17)19(27)12-30-3/h10,13,17,23H,4-9,11-12H2,1-3H3/t17-/m1/s1. The smallest absolute Gasteiger partial charge is 0.277 e. The van der Waals surface area contributed by atoms with E-state index < -0.39 is 0 Å². The van der Waals surface area contributed by atoms with E-state index in [0.717, 1.165) is 30.7 Å². The molecule has 0 aliphatic carbocycles. The van der Waals surface area contributed by atoms with E-state index in [-0.39, 0.29) is 42.5 Å². The van der Waals surface area contributed by atoms with E-state index in [1.54, 1.807) is 4.90 Å². The van der Waals surface area contributed by atoms with Crippen molar-refractivity contribution < 1.29 is 14.3 Å². The van der Waals surface area contributed by atoms with Gasteiger partial charge in [-0.25, -0.2) is 9.50 Å². The molecular formula is C21H29N5O4. The Balaban J connectivity index is 1.68. The molecule has 9 nitrogen and oxygen atoms in total. The van der Waals surface area contributed by atoms with E-state index in [0.29, 0.717) is 30.7 Å². The van der Waals surface area contributed by atoms with E-state index in [9.17, 15) is 14.4 Å². The number of nitrogens with zero attached hydrogens (tertiary/aromatic N) is 4. The van der Waals surface area contributed by atoms with Crippen molar-refractivity contribution in [3.05, 3.63) is 33.4 Å². The predicted molar refractivity (Wildman–Crippen MR) is 110 cm³/mol. The molecule has 0 bridgehead atoms. The number of carbonyl (C=O) groups is 2. The largest absolute Gasteiger partial charge is 0.375 e. The second-order valence-electron chi connectivity index (χ2n) is 8.44. The molecule has 0 spiro atoms. The molecular weight excluding hydrogens is 386 g/mol. The first-order chi connectivity index (χ1) is 14.4. The van der Waals surface area contributed by atoms with Gasteiger partial charge in [-0.05, 0) is 19.3 Å². The fourth-order valence-corrected chi connectivity index (χ4v) is 4.48. The normalized spacial score (nSPS) is 19.4. The highest BCUT2D eigenvalue weighted by Gasteiger charge is 2.31. The van der Waals surface area contributed by atoms with Crippen molar-refractivity contribution in [1.82, 2.24) is 24.4 Å². The molecule has 30 heavy (non-hydrogen) atoms. The number of likely N-dealkylation sites (tertiary alicyclic amines) is 1. The van der Waals surface area contributed by atoms with Crippen molar-refractivity contribution in [3.63, 3.8) is 0 Å². The lowest BCUT2D eigenvalue weighted by atomic mass is 9.99. The molecule has 1 fully saturated rings. The monoisotopic (exact) mass is 415 g/mol. The molecule has 1 atom stereocenters. The summed E-state index contributed by atoms with van der Waals surface area (Å²) in [6, 6.07) is 1.75. The predicted octanol–water partition coefficient (Wildman–Crippen LogP) is 1.26. The Morgan fingerprint density at radius 2 is 2.10 bits per heavy atom. The Morgan fingerprint density at radius 1 is 1.30 bits per heavy atom. The van der Waals surface area contributed by atoms with Gasteiger partial charge >= 0.3 is 0 Å². The highest BCUT2D eigenvalue weighted by atomic mass is 16.5. The average Bonchev–Trinajstić information content (AvgIpc) is 3.17. The zero-order valence-corrected chi connectivity index (χ0v) is 17.8. The number of hydrogen-bond donors (Lipinski definition) is 1. The maximum absolute atomic E-state index is 13.2. The summed E-state index contributed by atoms with van der Waals surface area (Å²) in [7, 11) is 1.51. The zero-order valence-electron chi connectivity index (χ0n) is 17.8. The number of carbonyl (C=O) groups excluding carboxylic acids is 2. The van der Waals surface area contributed by atoms with Gasteiger partial charge in [0.15, 0.2) is 5.65 Å². The quantitative estimate of drug-likeness (QED) is 0.810. The second kappa shape index (κ2) is 8.22. The van der Waals surface area contributed by atoms with Gasteiger partial charge in [-0.2, -0.15) is 0 Å². The summed E-state index contributed by atoms with van der Waals surface area (Å²) in [5.41, 5.74) is 2.52. The van der Waals surface area contributed by atoms with E-state index in [4.69, 9.17) is 9.72 Å². The minimum absolute atomic E-state index is 0.0446. The van der Waals surface area contributed by atoms with Crippen molar-refractivity contribution in [2.45, 2.75) is 52.1 Å². The molecule has 2 aromatic heterocycles. The fraction of sp³-hybridized carbons (Fsp3) is 0.619.